The second kappa shape index (κ2) is 42.4. The van der Waals surface area contributed by atoms with Crippen LogP contribution in [-0.2, 0) is 72.8 Å². The minimum Gasteiger partial charge on any atom is -0.490 e. The van der Waals surface area contributed by atoms with Crippen LogP contribution >= 0.6 is 21.4 Å². The first-order valence-electron chi connectivity index (χ1n) is 39.3. The number of rotatable bonds is 22. The van der Waals surface area contributed by atoms with Crippen LogP contribution in [0.15, 0.2) is 176 Å². The summed E-state index contributed by atoms with van der Waals surface area (Å²) in [5.74, 6) is 5.65. The lowest BCUT2D eigenvalue weighted by Gasteiger charge is -2.14. The highest BCUT2D eigenvalue weighted by atomic mass is 35.7. The number of ether oxygens (including phenoxy) is 4. The van der Waals surface area contributed by atoms with Gasteiger partial charge in [0.05, 0.1) is 59.2 Å². The average Bonchev–Trinajstić information content (AvgIpc) is 1.63. The van der Waals surface area contributed by atoms with Gasteiger partial charge in [-0.05, 0) is 188 Å². The summed E-state index contributed by atoms with van der Waals surface area (Å²) < 4.78 is 143. The van der Waals surface area contributed by atoms with E-state index in [9.17, 15) is 64.3 Å². The minimum absolute atomic E-state index is 0. The summed E-state index contributed by atoms with van der Waals surface area (Å²) >= 11 is 0. The van der Waals surface area contributed by atoms with Crippen LogP contribution in [0, 0.1) is 45.3 Å². The molecular weight excluding hydrogens is 1800 g/mol. The van der Waals surface area contributed by atoms with Gasteiger partial charge < -0.3 is 45.4 Å². The van der Waals surface area contributed by atoms with E-state index in [1.807, 2.05) is 109 Å². The van der Waals surface area contributed by atoms with Crippen molar-refractivity contribution in [3.05, 3.63) is 225 Å². The van der Waals surface area contributed by atoms with Crippen molar-refractivity contribution >= 4 is 83.2 Å². The fourth-order valence-corrected chi connectivity index (χ4v) is 14.3. The normalized spacial score (nSPS) is 12.7. The quantitative estimate of drug-likeness (QED) is 0.0486. The fraction of sp³-hybridized carbons (Fsp3) is 0.267. The number of benzene rings is 8. The first-order chi connectivity index (χ1) is 61.1. The Balaban J connectivity index is 0.000000173. The first-order valence-corrected chi connectivity index (χ1v) is 47.5. The van der Waals surface area contributed by atoms with E-state index in [0.717, 1.165) is 66.9 Å². The van der Waals surface area contributed by atoms with E-state index in [1.165, 1.54) is 21.1 Å². The molecule has 0 amide bonds. The zero-order valence-electron chi connectivity index (χ0n) is 71.4. The molecule has 4 aromatic heterocycles. The van der Waals surface area contributed by atoms with Gasteiger partial charge in [0.25, 0.3) is 32.8 Å². The Labute approximate surface area is 760 Å². The highest BCUT2D eigenvalue weighted by Crippen LogP contribution is 2.41. The van der Waals surface area contributed by atoms with Crippen molar-refractivity contribution in [3.8, 4) is 139 Å². The molecule has 0 unspecified atom stereocenters. The third kappa shape index (κ3) is 25.2. The van der Waals surface area contributed by atoms with Crippen LogP contribution in [0.4, 0.5) is 0 Å². The topological polar surface area (TPSA) is 492 Å². The van der Waals surface area contributed by atoms with E-state index >= 15 is 0 Å². The molecule has 34 nitrogen and oxygen atoms in total. The molecule has 4 aliphatic carbocycles. The molecule has 0 aliphatic heterocycles. The van der Waals surface area contributed by atoms with Crippen LogP contribution in [0.1, 0.15) is 152 Å². The van der Waals surface area contributed by atoms with E-state index in [-0.39, 0.29) is 60.9 Å². The number of aromatic nitrogens is 8. The number of hydrogen-bond acceptors (Lipinski definition) is 32. The number of nitrogens with zero attached hydrogens (tertiary/aromatic N) is 13. The number of fused-ring (bicyclic) bond motifs is 4. The maximum atomic E-state index is 12.1. The lowest BCUT2D eigenvalue weighted by molar-refractivity contribution is 0.0986. The van der Waals surface area contributed by atoms with Gasteiger partial charge in [0.1, 0.15) is 58.8 Å². The standard InChI is InChI=1S/C23H22N4O5S.C22H19N3O5S.2C21H17N3O3.CH4ClNO2S.CH3ClO2S.CH4/c1-14(2)30-20-10-8-15(12-16(20)13-24)23-25-22(26-31-23)19-7-5-6-18-17(19)9-11-21(18)32-33(28,29)27(3)4;1-13(2)28-19-9-7-14(11-15(19)12-23)22-24-21(25-29-22)18-6-4-5-17-16(18)8-10-20(17)30-31(3,26)27;2*1-12(2)26-19-9-6-13(10-14(19)11-22)21-23-20(24-27-21)17-5-3-4-16-15(17)7-8-18(16)25;1-3-6(2,4)5;1-5(2,3)4;/h5-8,10-12,14H,9H2,1-4H3;4-7,9-11,13H,8H2,1-3H3;2*3-6,9-10,12H,7-8H2,1-2H3;3H,1H3;1H3;1H4. The maximum Gasteiger partial charge on any atom is 0.384 e. The molecule has 0 fully saturated rings. The molecule has 0 saturated heterocycles. The number of halogens is 2. The van der Waals surface area contributed by atoms with E-state index in [1.54, 1.807) is 109 Å². The molecule has 674 valence electrons. The van der Waals surface area contributed by atoms with Crippen LogP contribution < -0.4 is 23.7 Å². The second-order valence-electron chi connectivity index (χ2n) is 29.8. The summed E-state index contributed by atoms with van der Waals surface area (Å²) in [5.41, 5.74) is 13.5. The van der Waals surface area contributed by atoms with Crippen molar-refractivity contribution < 1.29 is 88.7 Å². The second-order valence-corrected chi connectivity index (χ2v) is 38.7. The molecule has 12 aromatic rings. The summed E-state index contributed by atoms with van der Waals surface area (Å²) in [7, 11) is -1.01. The van der Waals surface area contributed by atoms with E-state index in [0.29, 0.717) is 164 Å². The zero-order valence-corrected chi connectivity index (χ0v) is 76.2. The van der Waals surface area contributed by atoms with Crippen LogP contribution in [-0.4, -0.2) is 148 Å². The van der Waals surface area contributed by atoms with Crippen molar-refractivity contribution in [3.63, 3.8) is 0 Å². The lowest BCUT2D eigenvalue weighted by Crippen LogP contribution is -2.23. The van der Waals surface area contributed by atoms with Crippen LogP contribution in [0.25, 0.3) is 103 Å². The fourth-order valence-electron chi connectivity index (χ4n) is 13.2. The van der Waals surface area contributed by atoms with Crippen LogP contribution in [0.3, 0.4) is 0 Å². The molecule has 16 rings (SSSR count). The van der Waals surface area contributed by atoms with Gasteiger partial charge in [0.15, 0.2) is 11.6 Å². The molecule has 0 atom stereocenters. The summed E-state index contributed by atoms with van der Waals surface area (Å²) in [6.07, 6.45) is 8.54. The van der Waals surface area contributed by atoms with Crippen molar-refractivity contribution in [2.45, 2.75) is 126 Å². The molecule has 4 aliphatic rings. The lowest BCUT2D eigenvalue weighted by atomic mass is 10.0. The smallest absolute Gasteiger partial charge is 0.384 e. The summed E-state index contributed by atoms with van der Waals surface area (Å²) in [5, 5.41) is 54.0. The molecule has 0 radical (unpaired) electrons. The summed E-state index contributed by atoms with van der Waals surface area (Å²) in [6.45, 7) is 15.2. The molecule has 4 heterocycles. The Kier molecular flexibility index (Phi) is 32.1. The molecule has 0 spiro atoms. The number of carbonyl (C=O) groups excluding carboxylic acids is 2. The van der Waals surface area contributed by atoms with Gasteiger partial charge in [-0.15, -0.1) is 0 Å². The Hall–Kier alpha value is -13.8. The molecule has 0 bridgehead atoms. The van der Waals surface area contributed by atoms with Gasteiger partial charge in [0.2, 0.25) is 32.3 Å². The molecule has 130 heavy (non-hydrogen) atoms. The van der Waals surface area contributed by atoms with Gasteiger partial charge in [-0.1, -0.05) is 101 Å². The van der Waals surface area contributed by atoms with Crippen molar-refractivity contribution in [1.82, 2.24) is 49.6 Å². The number of ketones is 2. The molecule has 0 saturated carbocycles. The summed E-state index contributed by atoms with van der Waals surface area (Å²) in [4.78, 5) is 41.8. The average molecular weight is 1880 g/mol. The number of Topliss-reactive ketones (excluding diaryl/α,β-unsaturated/α-hetero) is 2. The van der Waals surface area contributed by atoms with Crippen molar-refractivity contribution in [2.24, 2.45) is 0 Å². The third-order valence-electron chi connectivity index (χ3n) is 18.7. The highest BCUT2D eigenvalue weighted by Gasteiger charge is 2.31. The monoisotopic (exact) mass is 1880 g/mol. The van der Waals surface area contributed by atoms with E-state index in [4.69, 9.17) is 45.4 Å². The van der Waals surface area contributed by atoms with Gasteiger partial charge in [-0.2, -0.15) is 70.5 Å². The maximum absolute atomic E-state index is 12.1. The number of carbonyl (C=O) groups is 2. The predicted octanol–water partition coefficient (Wildman–Crippen LogP) is 16.6. The Morgan fingerprint density at radius 1 is 0.400 bits per heavy atom. The molecule has 8 aromatic carbocycles. The van der Waals surface area contributed by atoms with Crippen LogP contribution in [0.5, 0.6) is 23.0 Å². The van der Waals surface area contributed by atoms with Gasteiger partial charge in [-0.25, -0.2) is 13.1 Å². The van der Waals surface area contributed by atoms with Gasteiger partial charge >= 0.3 is 20.4 Å². The number of nitrogens with one attached hydrogen (secondary N) is 1. The van der Waals surface area contributed by atoms with Crippen molar-refractivity contribution in [1.29, 1.82) is 21.0 Å². The molecule has 1 N–H and O–H groups in total. The first kappa shape index (κ1) is 98.4. The molecular formula is C90H86Cl2N14O20S4. The zero-order chi connectivity index (χ0) is 93.6. The number of allylic oxidation sites excluding steroid dienone is 2. The Morgan fingerprint density at radius 2 is 0.654 bits per heavy atom. The third-order valence-corrected chi connectivity index (χ3v) is 21.4. The SMILES string of the molecule is C.CC(C)Oc1ccc(-c2nc(-c3cccc4c3CC=C4OS(=O)(=O)N(C)C)no2)cc1C#N.CC(C)Oc1ccc(-c2nc(-c3cccc4c3CC=C4OS(C)(=O)=O)no2)cc1C#N.CC(C)Oc1ccc(-c2nc(-c3cccc4c3CCC4=O)no2)cc1C#N.CC(C)Oc1ccc(-c2nc(-c3cccc4c3CCC4=O)no2)cc1C#N.CNS(=O)(=O)Cl.CS(=O)(=O)Cl. The van der Waals surface area contributed by atoms with Crippen molar-refractivity contribution in [2.75, 3.05) is 33.7 Å². The van der Waals surface area contributed by atoms with E-state index in [2.05, 4.69) is 86.2 Å². The Morgan fingerprint density at radius 3 is 0.900 bits per heavy atom. The van der Waals surface area contributed by atoms with E-state index < -0.39 is 38.7 Å². The minimum atomic E-state index is -3.87. The highest BCUT2D eigenvalue weighted by molar-refractivity contribution is 8.13. The predicted molar refractivity (Wildman–Crippen MR) is 482 cm³/mol. The van der Waals surface area contributed by atoms with Crippen LogP contribution in [0.2, 0.25) is 0 Å². The van der Waals surface area contributed by atoms with Gasteiger partial charge in [-0.3, -0.25) is 9.59 Å². The van der Waals surface area contributed by atoms with Gasteiger partial charge in [0, 0.05) is 122 Å². The number of hydrogen-bond donors (Lipinski definition) is 1. The largest absolute Gasteiger partial charge is 0.490 e. The molecule has 40 heteroatoms. The Bertz CT molecular complexity index is 6830. The summed E-state index contributed by atoms with van der Waals surface area (Å²) in [6, 6.07) is 51.1. The number of nitriles is 4.